The number of pyridine rings is 1. The van der Waals surface area contributed by atoms with E-state index in [2.05, 4.69) is 25.8 Å². The lowest BCUT2D eigenvalue weighted by atomic mass is 9.88. The maximum absolute atomic E-state index is 15.5. The third-order valence-electron chi connectivity index (χ3n) is 8.43. The van der Waals surface area contributed by atoms with Crippen LogP contribution in [0.4, 0.5) is 10.2 Å². The molecule has 2 amide bonds. The number of ether oxygens (including phenoxy) is 1. The van der Waals surface area contributed by atoms with Gasteiger partial charge in [0.15, 0.2) is 0 Å². The second kappa shape index (κ2) is 15.0. The Bertz CT molecular complexity index is 1520. The molecule has 2 N–H and O–H groups in total. The Morgan fingerprint density at radius 2 is 1.89 bits per heavy atom. The number of nitrogens with zero attached hydrogens (tertiary/aromatic N) is 5. The highest BCUT2D eigenvalue weighted by Gasteiger charge is 2.48. The topological polar surface area (TPSA) is 133 Å². The van der Waals surface area contributed by atoms with Crippen molar-refractivity contribution in [3.05, 3.63) is 47.4 Å². The maximum atomic E-state index is 15.5. The molecule has 3 aromatic heterocycles. The number of nitrogens with one attached hydrogen (secondary N) is 2. The number of carbonyl (C=O) groups is 2. The first-order valence-corrected chi connectivity index (χ1v) is 18.5. The molecule has 5 rings (SSSR count). The van der Waals surface area contributed by atoms with Crippen molar-refractivity contribution in [3.8, 4) is 11.1 Å². The third-order valence-corrected chi connectivity index (χ3v) is 9.87. The number of rotatable bonds is 17. The molecule has 2 saturated carbocycles. The summed E-state index contributed by atoms with van der Waals surface area (Å²) in [5.74, 6) is 0.632. The van der Waals surface area contributed by atoms with E-state index in [0.717, 1.165) is 37.1 Å². The fraction of sp³-hybridized carbons (Fsp3) is 0.581. The highest BCUT2D eigenvalue weighted by atomic mass is 32.2. The van der Waals surface area contributed by atoms with Crippen LogP contribution >= 0.6 is 11.8 Å². The summed E-state index contributed by atoms with van der Waals surface area (Å²) >= 11 is 1.70. The molecule has 0 radical (unpaired) electrons. The molecule has 14 heteroatoms. The van der Waals surface area contributed by atoms with Gasteiger partial charge in [-0.2, -0.15) is 26.3 Å². The van der Waals surface area contributed by atoms with Crippen LogP contribution in [0.3, 0.4) is 0 Å². The molecule has 0 aliphatic heterocycles. The summed E-state index contributed by atoms with van der Waals surface area (Å²) in [5, 5.41) is 14.6. The van der Waals surface area contributed by atoms with Crippen molar-refractivity contribution in [2.45, 2.75) is 65.3 Å². The van der Waals surface area contributed by atoms with Crippen LogP contribution in [0.5, 0.6) is 0 Å². The predicted octanol–water partition coefficient (Wildman–Crippen LogP) is 4.18. The molecule has 1 unspecified atom stereocenters. The normalized spacial score (nSPS) is 16.1. The van der Waals surface area contributed by atoms with E-state index in [-0.39, 0.29) is 24.0 Å². The molecular formula is C31H42FN7O4S2. The van der Waals surface area contributed by atoms with Crippen LogP contribution < -0.4 is 10.6 Å². The van der Waals surface area contributed by atoms with Gasteiger partial charge in [0.05, 0.1) is 12.3 Å². The van der Waals surface area contributed by atoms with Crippen molar-refractivity contribution in [3.63, 3.8) is 0 Å². The van der Waals surface area contributed by atoms with E-state index < -0.39 is 34.6 Å². The fourth-order valence-electron chi connectivity index (χ4n) is 5.96. The largest absolute Gasteiger partial charge is 0.358 e. The Balaban J connectivity index is 1.32. The van der Waals surface area contributed by atoms with Gasteiger partial charge in [0.1, 0.15) is 24.3 Å². The smallest absolute Gasteiger partial charge is 0.270 e. The van der Waals surface area contributed by atoms with Crippen LogP contribution in [0.25, 0.3) is 11.1 Å². The minimum atomic E-state index is -0.937. The van der Waals surface area contributed by atoms with E-state index in [1.54, 1.807) is 51.8 Å². The number of hydrogen-bond acceptors (Lipinski definition) is 8. The lowest BCUT2D eigenvalue weighted by Gasteiger charge is -2.27. The minimum absolute atomic E-state index is 0.00812. The maximum Gasteiger partial charge on any atom is 0.270 e. The Morgan fingerprint density at radius 3 is 2.53 bits per heavy atom. The van der Waals surface area contributed by atoms with Gasteiger partial charge in [0.2, 0.25) is 11.9 Å². The average molecular weight is 660 g/mol. The summed E-state index contributed by atoms with van der Waals surface area (Å²) in [6, 6.07) is 4.00. The molecule has 2 aliphatic carbocycles. The first kappa shape index (κ1) is 33.3. The second-order valence-corrected chi connectivity index (χ2v) is 14.4. The average Bonchev–Trinajstić information content (AvgIpc) is 3.93. The molecule has 244 valence electrons. The standard InChI is InChI=1S/C31H42FN7O4S2/c1-19-26(20(2)39(37-19)18-43-15-16-44-3)23-10-11-25(34-29(23)32)35-31(41)28(27(21-6-7-21)22-8-9-22)36-30(40)24-12-13-33-38(24)14-5-17-45(4)42/h10-13,21-22,27-28H,5-9,14-18H2,1-4H3,(H,36,40)(H,34,35,41)/t28-,45?/m0/s1. The quantitative estimate of drug-likeness (QED) is 0.163. The Hall–Kier alpha value is -3.10. The SMILES string of the molecule is CSCCOCn1nc(C)c(-c2ccc(NC(=O)[C@@H](NC(=O)c3ccnn3CCCS(C)=O)C(C3CC3)C3CC3)nc2F)c1C. The van der Waals surface area contributed by atoms with Crippen LogP contribution in [0.2, 0.25) is 0 Å². The van der Waals surface area contributed by atoms with Crippen LogP contribution in [-0.4, -0.2) is 77.2 Å². The van der Waals surface area contributed by atoms with Gasteiger partial charge >= 0.3 is 0 Å². The highest BCUT2D eigenvalue weighted by molar-refractivity contribution is 7.98. The summed E-state index contributed by atoms with van der Waals surface area (Å²) < 4.78 is 36.0. The zero-order valence-electron chi connectivity index (χ0n) is 26.3. The number of aromatic nitrogens is 5. The molecule has 2 aliphatic rings. The summed E-state index contributed by atoms with van der Waals surface area (Å²) in [5.41, 5.74) is 2.68. The first-order valence-electron chi connectivity index (χ1n) is 15.4. The molecule has 0 saturated heterocycles. The van der Waals surface area contributed by atoms with Crippen LogP contribution in [-0.2, 0) is 33.6 Å². The molecule has 3 heterocycles. The van der Waals surface area contributed by atoms with E-state index in [1.807, 2.05) is 20.1 Å². The molecule has 2 atom stereocenters. The lowest BCUT2D eigenvalue weighted by molar-refractivity contribution is -0.119. The number of carbonyl (C=O) groups excluding carboxylic acids is 2. The summed E-state index contributed by atoms with van der Waals surface area (Å²) in [4.78, 5) is 31.4. The Morgan fingerprint density at radius 1 is 1.16 bits per heavy atom. The van der Waals surface area contributed by atoms with Crippen molar-refractivity contribution >= 4 is 40.2 Å². The zero-order chi connectivity index (χ0) is 32.1. The summed E-state index contributed by atoms with van der Waals surface area (Å²) in [6.45, 7) is 4.99. The molecular weight excluding hydrogens is 618 g/mol. The van der Waals surface area contributed by atoms with E-state index in [4.69, 9.17) is 4.74 Å². The van der Waals surface area contributed by atoms with Gasteiger partial charge < -0.3 is 15.4 Å². The highest BCUT2D eigenvalue weighted by Crippen LogP contribution is 2.51. The zero-order valence-corrected chi connectivity index (χ0v) is 27.9. The third kappa shape index (κ3) is 8.39. The van der Waals surface area contributed by atoms with E-state index >= 15 is 4.39 Å². The lowest BCUT2D eigenvalue weighted by Crippen LogP contribution is -2.50. The van der Waals surface area contributed by atoms with Crippen molar-refractivity contribution in [2.75, 3.05) is 35.9 Å². The van der Waals surface area contributed by atoms with Gasteiger partial charge in [-0.15, -0.1) is 0 Å². The van der Waals surface area contributed by atoms with Crippen molar-refractivity contribution < 1.29 is 22.9 Å². The molecule has 2 fully saturated rings. The van der Waals surface area contributed by atoms with Crippen molar-refractivity contribution in [2.24, 2.45) is 17.8 Å². The molecule has 0 aromatic carbocycles. The van der Waals surface area contributed by atoms with E-state index in [9.17, 15) is 13.8 Å². The first-order chi connectivity index (χ1) is 21.7. The van der Waals surface area contributed by atoms with E-state index in [1.165, 1.54) is 0 Å². The summed E-state index contributed by atoms with van der Waals surface area (Å²) in [6.07, 6.45) is 9.89. The van der Waals surface area contributed by atoms with Gasteiger partial charge in [-0.3, -0.25) is 18.5 Å². The molecule has 0 spiro atoms. The summed E-state index contributed by atoms with van der Waals surface area (Å²) in [7, 11) is -0.937. The molecule has 45 heavy (non-hydrogen) atoms. The van der Waals surface area contributed by atoms with Gasteiger partial charge in [-0.05, 0) is 88.2 Å². The second-order valence-electron chi connectivity index (χ2n) is 11.9. The minimum Gasteiger partial charge on any atom is -0.358 e. The van der Waals surface area contributed by atoms with Crippen LogP contribution in [0, 0.1) is 37.5 Å². The number of anilines is 1. The van der Waals surface area contributed by atoms with E-state index in [0.29, 0.717) is 54.1 Å². The van der Waals surface area contributed by atoms with Crippen LogP contribution in [0.15, 0.2) is 24.4 Å². The number of hydrogen-bond donors (Lipinski definition) is 2. The van der Waals surface area contributed by atoms with Gasteiger partial charge in [-0.1, -0.05) is 0 Å². The number of amides is 2. The van der Waals surface area contributed by atoms with Gasteiger partial charge in [0, 0.05) is 58.1 Å². The fourth-order valence-corrected chi connectivity index (χ4v) is 6.78. The van der Waals surface area contributed by atoms with Gasteiger partial charge in [0.25, 0.3) is 5.91 Å². The molecule has 11 nitrogen and oxygen atoms in total. The Labute approximate surface area is 269 Å². The van der Waals surface area contributed by atoms with Crippen molar-refractivity contribution in [1.29, 1.82) is 0 Å². The van der Waals surface area contributed by atoms with Crippen LogP contribution in [0.1, 0.15) is 54.0 Å². The number of aryl methyl sites for hydroxylation is 2. The van der Waals surface area contributed by atoms with Crippen molar-refractivity contribution in [1.82, 2.24) is 29.9 Å². The molecule has 3 aromatic rings. The molecule has 0 bridgehead atoms. The monoisotopic (exact) mass is 659 g/mol. The predicted molar refractivity (Wildman–Crippen MR) is 174 cm³/mol. The number of halogens is 1. The van der Waals surface area contributed by atoms with Gasteiger partial charge in [-0.25, -0.2) is 9.67 Å². The number of thioether (sulfide) groups is 1. The Kier molecular flexibility index (Phi) is 11.1.